The second kappa shape index (κ2) is 12.2. The summed E-state index contributed by atoms with van der Waals surface area (Å²) in [4.78, 5) is 26.0. The molecule has 1 heterocycles. The first-order chi connectivity index (χ1) is 18.5. The molecule has 0 radical (unpaired) electrons. The molecule has 2 amide bonds. The summed E-state index contributed by atoms with van der Waals surface area (Å²) in [6, 6.07) is 20.2. The van der Waals surface area contributed by atoms with Gasteiger partial charge in [-0.05, 0) is 83.7 Å². The van der Waals surface area contributed by atoms with Gasteiger partial charge in [0.25, 0.3) is 11.8 Å². The molecular weight excluding hydrogens is 552 g/mol. The zero-order valence-corrected chi connectivity index (χ0v) is 24.5. The second-order valence-corrected chi connectivity index (χ2v) is 12.0. The van der Waals surface area contributed by atoms with Crippen molar-refractivity contribution < 1.29 is 19.1 Å². The number of benzene rings is 3. The van der Waals surface area contributed by atoms with Crippen molar-refractivity contribution in [2.24, 2.45) is 0 Å². The summed E-state index contributed by atoms with van der Waals surface area (Å²) in [5, 5.41) is 1.59. The molecule has 3 aromatic rings. The quantitative estimate of drug-likeness (QED) is 0.225. The smallest absolute Gasteiger partial charge is 0.285 e. The number of rotatable bonds is 8. The number of ether oxygens (including phenoxy) is 2. The van der Waals surface area contributed by atoms with Crippen molar-refractivity contribution in [1.82, 2.24) is 10.4 Å². The minimum Gasteiger partial charge on any atom is -0.490 e. The molecule has 1 aliphatic rings. The summed E-state index contributed by atoms with van der Waals surface area (Å²) in [6.45, 7) is 9.31. The van der Waals surface area contributed by atoms with E-state index in [0.717, 1.165) is 27.9 Å². The molecule has 0 aliphatic carbocycles. The van der Waals surface area contributed by atoms with E-state index in [1.807, 2.05) is 25.1 Å². The van der Waals surface area contributed by atoms with Gasteiger partial charge in [-0.25, -0.2) is 0 Å². The average molecular weight is 581 g/mol. The lowest BCUT2D eigenvalue weighted by molar-refractivity contribution is -0.123. The van der Waals surface area contributed by atoms with Crippen LogP contribution in [-0.4, -0.2) is 27.8 Å². The molecule has 1 N–H and O–H groups in total. The lowest BCUT2D eigenvalue weighted by Crippen LogP contribution is -2.44. The van der Waals surface area contributed by atoms with Gasteiger partial charge in [0.2, 0.25) is 0 Å². The van der Waals surface area contributed by atoms with E-state index in [0.29, 0.717) is 40.2 Å². The van der Waals surface area contributed by atoms with Crippen LogP contribution in [0, 0.1) is 0 Å². The summed E-state index contributed by atoms with van der Waals surface area (Å²) >= 11 is 12.3. The van der Waals surface area contributed by atoms with Crippen LogP contribution in [0.3, 0.4) is 0 Å². The van der Waals surface area contributed by atoms with Crippen LogP contribution in [0.5, 0.6) is 11.5 Å². The highest BCUT2D eigenvalue weighted by Crippen LogP contribution is 2.35. The molecule has 0 spiro atoms. The molecule has 1 fully saturated rings. The number of hydrogen-bond acceptors (Lipinski definition) is 6. The molecule has 202 valence electrons. The highest BCUT2D eigenvalue weighted by molar-refractivity contribution is 8.26. The first-order valence-corrected chi connectivity index (χ1v) is 14.0. The van der Waals surface area contributed by atoms with Crippen LogP contribution < -0.4 is 14.9 Å². The van der Waals surface area contributed by atoms with Crippen molar-refractivity contribution >= 4 is 57.8 Å². The summed E-state index contributed by atoms with van der Waals surface area (Å²) < 4.78 is 12.1. The highest BCUT2D eigenvalue weighted by atomic mass is 35.5. The topological polar surface area (TPSA) is 67.9 Å². The normalized spacial score (nSPS) is 14.6. The van der Waals surface area contributed by atoms with Crippen LogP contribution in [0.25, 0.3) is 6.08 Å². The van der Waals surface area contributed by atoms with Gasteiger partial charge in [-0.15, -0.1) is 0 Å². The van der Waals surface area contributed by atoms with Gasteiger partial charge >= 0.3 is 0 Å². The zero-order chi connectivity index (χ0) is 28.2. The van der Waals surface area contributed by atoms with E-state index < -0.39 is 11.8 Å². The third kappa shape index (κ3) is 7.20. The Morgan fingerprint density at radius 1 is 1.03 bits per heavy atom. The molecule has 0 atom stereocenters. The summed E-state index contributed by atoms with van der Waals surface area (Å²) in [5.41, 5.74) is 6.08. The number of nitrogens with zero attached hydrogens (tertiary/aromatic N) is 1. The summed E-state index contributed by atoms with van der Waals surface area (Å²) in [5.74, 6) is 0.308. The predicted octanol–water partition coefficient (Wildman–Crippen LogP) is 7.16. The molecule has 0 bridgehead atoms. The fourth-order valence-corrected chi connectivity index (χ4v) is 5.05. The van der Waals surface area contributed by atoms with Crippen molar-refractivity contribution in [2.75, 3.05) is 6.61 Å². The van der Waals surface area contributed by atoms with Crippen LogP contribution >= 0.6 is 35.6 Å². The van der Waals surface area contributed by atoms with Gasteiger partial charge in [0.15, 0.2) is 15.8 Å². The molecule has 0 unspecified atom stereocenters. The monoisotopic (exact) mass is 580 g/mol. The van der Waals surface area contributed by atoms with Gasteiger partial charge in [-0.1, -0.05) is 74.5 Å². The molecule has 0 aromatic heterocycles. The summed E-state index contributed by atoms with van der Waals surface area (Å²) in [6.07, 6.45) is 1.71. The van der Waals surface area contributed by atoms with Gasteiger partial charge in [0, 0.05) is 10.6 Å². The Morgan fingerprint density at radius 2 is 1.72 bits per heavy atom. The standard InChI is InChI=1S/C30H29ClN2O4S2/c1-5-36-25-16-20(8-15-24(25)37-18-19-6-11-22(12-7-19)30(2,3)4)17-26-28(35)33(29(38)39-26)32-27(34)21-9-13-23(31)14-10-21/h6-17H,5,18H2,1-4H3,(H,32,34)/b26-17+. The highest BCUT2D eigenvalue weighted by Gasteiger charge is 2.34. The number of amides is 2. The SMILES string of the molecule is CCOc1cc(/C=C2/SC(=S)N(NC(=O)c3ccc(Cl)cc3)C2=O)ccc1OCc1ccc(C(C)(C)C)cc1. The molecule has 1 saturated heterocycles. The number of thiocarbonyl (C=S) groups is 1. The minimum absolute atomic E-state index is 0.0912. The number of thioether (sulfide) groups is 1. The van der Waals surface area contributed by atoms with Crippen LogP contribution in [0.2, 0.25) is 5.02 Å². The molecule has 6 nitrogen and oxygen atoms in total. The van der Waals surface area contributed by atoms with Crippen molar-refractivity contribution in [2.45, 2.75) is 39.7 Å². The fraction of sp³-hybridized carbons (Fsp3) is 0.233. The summed E-state index contributed by atoms with van der Waals surface area (Å²) in [7, 11) is 0. The zero-order valence-electron chi connectivity index (χ0n) is 22.1. The Bertz CT molecular complexity index is 1410. The van der Waals surface area contributed by atoms with Crippen molar-refractivity contribution in [3.8, 4) is 11.5 Å². The Hall–Kier alpha value is -3.33. The maximum atomic E-state index is 13.0. The van der Waals surface area contributed by atoms with Crippen molar-refractivity contribution in [3.63, 3.8) is 0 Å². The third-order valence-electron chi connectivity index (χ3n) is 5.89. The van der Waals surface area contributed by atoms with E-state index in [1.54, 1.807) is 30.3 Å². The van der Waals surface area contributed by atoms with Crippen LogP contribution in [0.4, 0.5) is 0 Å². The van der Waals surface area contributed by atoms with E-state index in [1.165, 1.54) is 5.56 Å². The van der Waals surface area contributed by atoms with Gasteiger partial charge < -0.3 is 9.47 Å². The van der Waals surface area contributed by atoms with E-state index in [4.69, 9.17) is 33.3 Å². The first-order valence-electron chi connectivity index (χ1n) is 12.4. The maximum Gasteiger partial charge on any atom is 0.285 e. The van der Waals surface area contributed by atoms with E-state index in [9.17, 15) is 9.59 Å². The molecular formula is C30H29ClN2O4S2. The number of hydrogen-bond donors (Lipinski definition) is 1. The van der Waals surface area contributed by atoms with E-state index in [2.05, 4.69) is 50.5 Å². The van der Waals surface area contributed by atoms with Gasteiger partial charge in [-0.2, -0.15) is 5.01 Å². The van der Waals surface area contributed by atoms with Crippen LogP contribution in [0.1, 0.15) is 54.7 Å². The van der Waals surface area contributed by atoms with Crippen LogP contribution in [-0.2, 0) is 16.8 Å². The lowest BCUT2D eigenvalue weighted by Gasteiger charge is -2.19. The molecule has 1 aliphatic heterocycles. The van der Waals surface area contributed by atoms with Crippen LogP contribution in [0.15, 0.2) is 71.6 Å². The van der Waals surface area contributed by atoms with Crippen molar-refractivity contribution in [1.29, 1.82) is 0 Å². The predicted molar refractivity (Wildman–Crippen MR) is 161 cm³/mol. The van der Waals surface area contributed by atoms with E-state index in [-0.39, 0.29) is 9.74 Å². The average Bonchev–Trinajstić information content (AvgIpc) is 3.15. The maximum absolute atomic E-state index is 13.0. The van der Waals surface area contributed by atoms with Crippen molar-refractivity contribution in [3.05, 3.63) is 98.9 Å². The van der Waals surface area contributed by atoms with E-state index >= 15 is 0 Å². The Kier molecular flexibility index (Phi) is 9.00. The molecule has 4 rings (SSSR count). The molecule has 39 heavy (non-hydrogen) atoms. The molecule has 0 saturated carbocycles. The Morgan fingerprint density at radius 3 is 2.36 bits per heavy atom. The Labute approximate surface area is 243 Å². The molecule has 3 aromatic carbocycles. The Balaban J connectivity index is 1.46. The number of halogens is 1. The molecule has 9 heteroatoms. The first kappa shape index (κ1) is 28.7. The fourth-order valence-electron chi connectivity index (χ4n) is 3.75. The lowest BCUT2D eigenvalue weighted by atomic mass is 9.87. The third-order valence-corrected chi connectivity index (χ3v) is 7.45. The van der Waals surface area contributed by atoms with Gasteiger partial charge in [0.1, 0.15) is 6.61 Å². The number of nitrogens with one attached hydrogen (secondary N) is 1. The van der Waals surface area contributed by atoms with Gasteiger partial charge in [0.05, 0.1) is 11.5 Å². The van der Waals surface area contributed by atoms with Gasteiger partial charge in [-0.3, -0.25) is 15.0 Å². The number of hydrazine groups is 1. The number of carbonyl (C=O) groups is 2. The largest absolute Gasteiger partial charge is 0.490 e. The second-order valence-electron chi connectivity index (χ2n) is 9.84. The number of carbonyl (C=O) groups excluding carboxylic acids is 2. The minimum atomic E-state index is -0.461.